The van der Waals surface area contributed by atoms with Crippen LogP contribution in [0.25, 0.3) is 0 Å². The number of likely N-dealkylation sites (N-methyl/N-ethyl adjacent to an activating group) is 1. The van der Waals surface area contributed by atoms with Crippen LogP contribution in [-0.2, 0) is 14.8 Å². The summed E-state index contributed by atoms with van der Waals surface area (Å²) >= 11 is 0. The summed E-state index contributed by atoms with van der Waals surface area (Å²) in [7, 11) is -1.60. The van der Waals surface area contributed by atoms with Crippen molar-refractivity contribution in [3.63, 3.8) is 0 Å². The van der Waals surface area contributed by atoms with Gasteiger partial charge in [0.2, 0.25) is 15.9 Å². The molecule has 1 amide bonds. The van der Waals surface area contributed by atoms with Gasteiger partial charge in [-0.25, -0.2) is 8.42 Å². The fraction of sp³-hybridized carbons (Fsp3) is 0.889. The van der Waals surface area contributed by atoms with Crippen molar-refractivity contribution in [3.8, 4) is 0 Å². The fourth-order valence-corrected chi connectivity index (χ4v) is 3.03. The Hall–Kier alpha value is -0.660. The van der Waals surface area contributed by atoms with Gasteiger partial charge in [-0.05, 0) is 19.4 Å². The number of unbranched alkanes of at least 4 members (excludes halogenated alkanes) is 1. The second-order valence-corrected chi connectivity index (χ2v) is 6.05. The number of rotatable bonds is 5. The number of sulfonamides is 1. The van der Waals surface area contributed by atoms with Gasteiger partial charge in [-0.3, -0.25) is 4.79 Å². The Kier molecular flexibility index (Phi) is 4.69. The summed E-state index contributed by atoms with van der Waals surface area (Å²) in [4.78, 5) is 12.9. The first-order valence-electron chi connectivity index (χ1n) is 5.39. The lowest BCUT2D eigenvalue weighted by Gasteiger charge is -2.31. The zero-order valence-electron chi connectivity index (χ0n) is 9.55. The van der Waals surface area contributed by atoms with Crippen LogP contribution in [0.15, 0.2) is 0 Å². The van der Waals surface area contributed by atoms with Crippen molar-refractivity contribution < 1.29 is 13.2 Å². The molecule has 0 aromatic carbocycles. The van der Waals surface area contributed by atoms with E-state index in [0.717, 1.165) is 0 Å². The van der Waals surface area contributed by atoms with Crippen LogP contribution < -0.4 is 5.73 Å². The summed E-state index contributed by atoms with van der Waals surface area (Å²) in [5, 5.41) is 0. The molecular formula is C9H19N3O3S. The molecule has 0 unspecified atom stereocenters. The van der Waals surface area contributed by atoms with Crippen LogP contribution in [0, 0.1) is 0 Å². The normalized spacial score (nSPS) is 19.1. The Morgan fingerprint density at radius 1 is 1.31 bits per heavy atom. The molecule has 0 spiro atoms. The molecular weight excluding hydrogens is 230 g/mol. The molecule has 0 radical (unpaired) electrons. The quantitative estimate of drug-likeness (QED) is 0.622. The predicted molar refractivity (Wildman–Crippen MR) is 61.3 cm³/mol. The number of amides is 1. The molecule has 0 aromatic heterocycles. The monoisotopic (exact) mass is 249 g/mol. The van der Waals surface area contributed by atoms with Gasteiger partial charge in [0, 0.05) is 20.1 Å². The van der Waals surface area contributed by atoms with Crippen molar-refractivity contribution in [2.45, 2.75) is 12.8 Å². The molecule has 0 atom stereocenters. The summed E-state index contributed by atoms with van der Waals surface area (Å²) in [6.45, 7) is 1.33. The number of carbonyl (C=O) groups excluding carboxylic acids is 1. The van der Waals surface area contributed by atoms with Gasteiger partial charge < -0.3 is 10.6 Å². The van der Waals surface area contributed by atoms with Crippen molar-refractivity contribution in [1.29, 1.82) is 0 Å². The molecule has 0 bridgehead atoms. The lowest BCUT2D eigenvalue weighted by molar-refractivity contribution is -0.132. The topological polar surface area (TPSA) is 83.7 Å². The highest BCUT2D eigenvalue weighted by Crippen LogP contribution is 2.09. The van der Waals surface area contributed by atoms with Crippen LogP contribution in [-0.4, -0.2) is 62.5 Å². The SMILES string of the molecule is CN1CCN(S(=O)(=O)CCCCN)CC1=O. The average Bonchev–Trinajstić information content (AvgIpc) is 2.22. The number of hydrogen-bond acceptors (Lipinski definition) is 4. The van der Waals surface area contributed by atoms with Crippen LogP contribution in [0.3, 0.4) is 0 Å². The zero-order chi connectivity index (χ0) is 12.2. The largest absolute Gasteiger partial charge is 0.343 e. The highest BCUT2D eigenvalue weighted by molar-refractivity contribution is 7.89. The zero-order valence-corrected chi connectivity index (χ0v) is 10.4. The summed E-state index contributed by atoms with van der Waals surface area (Å²) in [5.74, 6) is -0.0603. The van der Waals surface area contributed by atoms with Gasteiger partial charge in [-0.2, -0.15) is 4.31 Å². The number of nitrogens with zero attached hydrogens (tertiary/aromatic N) is 2. The second-order valence-electron chi connectivity index (χ2n) is 3.96. The lowest BCUT2D eigenvalue weighted by atomic mass is 10.3. The molecule has 1 rings (SSSR count). The molecule has 1 saturated heterocycles. The summed E-state index contributed by atoms with van der Waals surface area (Å²) in [6, 6.07) is 0. The molecule has 94 valence electrons. The Morgan fingerprint density at radius 2 is 2.00 bits per heavy atom. The number of piperazine rings is 1. The third kappa shape index (κ3) is 3.43. The molecule has 16 heavy (non-hydrogen) atoms. The van der Waals surface area contributed by atoms with Gasteiger partial charge in [0.1, 0.15) is 0 Å². The molecule has 2 N–H and O–H groups in total. The molecule has 1 aliphatic heterocycles. The van der Waals surface area contributed by atoms with Crippen LogP contribution in [0.4, 0.5) is 0 Å². The fourth-order valence-electron chi connectivity index (χ4n) is 1.53. The summed E-state index contributed by atoms with van der Waals surface area (Å²) in [6.07, 6.45) is 1.25. The van der Waals surface area contributed by atoms with Crippen LogP contribution in [0.2, 0.25) is 0 Å². The molecule has 6 nitrogen and oxygen atoms in total. The molecule has 1 heterocycles. The van der Waals surface area contributed by atoms with E-state index in [1.165, 1.54) is 4.31 Å². The maximum Gasteiger partial charge on any atom is 0.237 e. The highest BCUT2D eigenvalue weighted by atomic mass is 32.2. The van der Waals surface area contributed by atoms with Crippen molar-refractivity contribution in [2.24, 2.45) is 5.73 Å². The molecule has 1 aliphatic rings. The number of carbonyl (C=O) groups is 1. The van der Waals surface area contributed by atoms with Gasteiger partial charge >= 0.3 is 0 Å². The number of hydrogen-bond donors (Lipinski definition) is 1. The van der Waals surface area contributed by atoms with E-state index in [1.54, 1.807) is 11.9 Å². The van der Waals surface area contributed by atoms with E-state index >= 15 is 0 Å². The summed E-state index contributed by atoms with van der Waals surface area (Å²) in [5.41, 5.74) is 5.31. The third-order valence-corrected chi connectivity index (χ3v) is 4.58. The summed E-state index contributed by atoms with van der Waals surface area (Å²) < 4.78 is 24.9. The van der Waals surface area contributed by atoms with Crippen LogP contribution in [0.1, 0.15) is 12.8 Å². The predicted octanol–water partition coefficient (Wildman–Crippen LogP) is -1.17. The van der Waals surface area contributed by atoms with E-state index in [-0.39, 0.29) is 18.2 Å². The third-order valence-electron chi connectivity index (χ3n) is 2.67. The van der Waals surface area contributed by atoms with Crippen molar-refractivity contribution in [1.82, 2.24) is 9.21 Å². The Bertz CT molecular complexity index is 342. The van der Waals surface area contributed by atoms with Gasteiger partial charge in [0.15, 0.2) is 0 Å². The first-order chi connectivity index (χ1) is 7.47. The Balaban J connectivity index is 2.53. The van der Waals surface area contributed by atoms with Crippen molar-refractivity contribution in [2.75, 3.05) is 39.0 Å². The molecule has 0 saturated carbocycles. The maximum atomic E-state index is 11.8. The van der Waals surface area contributed by atoms with Crippen molar-refractivity contribution in [3.05, 3.63) is 0 Å². The van der Waals surface area contributed by atoms with Gasteiger partial charge in [0.25, 0.3) is 0 Å². The van der Waals surface area contributed by atoms with E-state index in [0.29, 0.717) is 32.5 Å². The molecule has 7 heteroatoms. The van der Waals surface area contributed by atoms with E-state index in [9.17, 15) is 13.2 Å². The second kappa shape index (κ2) is 5.60. The van der Waals surface area contributed by atoms with Crippen LogP contribution in [0.5, 0.6) is 0 Å². The maximum absolute atomic E-state index is 11.8. The molecule has 0 aromatic rings. The first-order valence-corrected chi connectivity index (χ1v) is 7.00. The minimum atomic E-state index is -3.28. The standard InChI is InChI=1S/C9H19N3O3S/c1-11-5-6-12(8-9(11)13)16(14,15)7-3-2-4-10/h2-8,10H2,1H3. The van der Waals surface area contributed by atoms with Gasteiger partial charge in [-0.1, -0.05) is 0 Å². The minimum absolute atomic E-state index is 0.0263. The lowest BCUT2D eigenvalue weighted by Crippen LogP contribution is -2.51. The van der Waals surface area contributed by atoms with Crippen molar-refractivity contribution >= 4 is 15.9 Å². The minimum Gasteiger partial charge on any atom is -0.343 e. The van der Waals surface area contributed by atoms with E-state index < -0.39 is 10.0 Å². The van der Waals surface area contributed by atoms with E-state index in [4.69, 9.17) is 5.73 Å². The van der Waals surface area contributed by atoms with Gasteiger partial charge in [0.05, 0.1) is 12.3 Å². The molecule has 0 aliphatic carbocycles. The Morgan fingerprint density at radius 3 is 2.56 bits per heavy atom. The first kappa shape index (κ1) is 13.4. The average molecular weight is 249 g/mol. The van der Waals surface area contributed by atoms with Gasteiger partial charge in [-0.15, -0.1) is 0 Å². The van der Waals surface area contributed by atoms with Crippen LogP contribution >= 0.6 is 0 Å². The molecule has 1 fully saturated rings. The smallest absolute Gasteiger partial charge is 0.237 e. The highest BCUT2D eigenvalue weighted by Gasteiger charge is 2.29. The Labute approximate surface area is 96.4 Å². The van der Waals surface area contributed by atoms with E-state index in [1.807, 2.05) is 0 Å². The number of nitrogens with two attached hydrogens (primary N) is 1. The van der Waals surface area contributed by atoms with E-state index in [2.05, 4.69) is 0 Å².